The number of aromatic nitrogens is 1. The summed E-state index contributed by atoms with van der Waals surface area (Å²) in [7, 11) is 1.93. The standard InChI is InChI=1S/C20H20N2O2/c1-13-10-16(9-8-15(13)11-14(2)23)21-20(24)18-12-22(3)19-7-5-4-6-17(18)19/h4-10,12H,11H2,1-3H3,(H,21,24). The number of anilines is 1. The zero-order valence-corrected chi connectivity index (χ0v) is 14.1. The lowest BCUT2D eigenvalue weighted by Gasteiger charge is -2.09. The molecule has 0 aliphatic rings. The fraction of sp³-hybridized carbons (Fsp3) is 0.200. The normalized spacial score (nSPS) is 10.8. The number of aryl methyl sites for hydroxylation is 2. The molecule has 1 amide bonds. The van der Waals surface area contributed by atoms with Crippen LogP contribution in [0.1, 0.15) is 28.4 Å². The van der Waals surface area contributed by atoms with Crippen LogP contribution in [-0.2, 0) is 18.3 Å². The maximum absolute atomic E-state index is 12.6. The molecule has 0 radical (unpaired) electrons. The van der Waals surface area contributed by atoms with Crippen LogP contribution >= 0.6 is 0 Å². The predicted molar refractivity (Wildman–Crippen MR) is 96.4 cm³/mol. The third kappa shape index (κ3) is 3.08. The van der Waals surface area contributed by atoms with E-state index in [2.05, 4.69) is 5.32 Å². The number of hydrogen-bond donors (Lipinski definition) is 1. The van der Waals surface area contributed by atoms with E-state index in [1.807, 2.05) is 67.2 Å². The second kappa shape index (κ2) is 6.32. The second-order valence-corrected chi connectivity index (χ2v) is 6.15. The molecule has 0 bridgehead atoms. The Morgan fingerprint density at radius 3 is 2.58 bits per heavy atom. The van der Waals surface area contributed by atoms with Gasteiger partial charge in [0.05, 0.1) is 5.56 Å². The van der Waals surface area contributed by atoms with Crippen molar-refractivity contribution in [2.45, 2.75) is 20.3 Å². The molecule has 0 spiro atoms. The number of para-hydroxylation sites is 1. The molecule has 0 saturated heterocycles. The van der Waals surface area contributed by atoms with Gasteiger partial charge in [0.15, 0.2) is 0 Å². The number of ketones is 1. The highest BCUT2D eigenvalue weighted by atomic mass is 16.1. The Labute approximate surface area is 141 Å². The van der Waals surface area contributed by atoms with Crippen LogP contribution in [-0.4, -0.2) is 16.3 Å². The number of benzene rings is 2. The Bertz CT molecular complexity index is 938. The molecule has 1 heterocycles. The monoisotopic (exact) mass is 320 g/mol. The molecule has 24 heavy (non-hydrogen) atoms. The summed E-state index contributed by atoms with van der Waals surface area (Å²) >= 11 is 0. The molecule has 4 heteroatoms. The lowest BCUT2D eigenvalue weighted by atomic mass is 10.0. The van der Waals surface area contributed by atoms with Crippen molar-refractivity contribution in [2.24, 2.45) is 7.05 Å². The smallest absolute Gasteiger partial charge is 0.257 e. The first-order valence-corrected chi connectivity index (χ1v) is 7.90. The third-order valence-corrected chi connectivity index (χ3v) is 4.18. The van der Waals surface area contributed by atoms with Crippen molar-refractivity contribution >= 4 is 28.3 Å². The van der Waals surface area contributed by atoms with E-state index in [4.69, 9.17) is 0 Å². The van der Waals surface area contributed by atoms with E-state index in [0.717, 1.165) is 27.7 Å². The van der Waals surface area contributed by atoms with Crippen molar-refractivity contribution < 1.29 is 9.59 Å². The molecule has 0 aliphatic carbocycles. The SMILES string of the molecule is CC(=O)Cc1ccc(NC(=O)c2cn(C)c3ccccc23)cc1C. The van der Waals surface area contributed by atoms with Gasteiger partial charge in [0.25, 0.3) is 5.91 Å². The molecular formula is C20H20N2O2. The summed E-state index contributed by atoms with van der Waals surface area (Å²) in [5, 5.41) is 3.88. The minimum absolute atomic E-state index is 0.130. The Kier molecular flexibility index (Phi) is 4.21. The van der Waals surface area contributed by atoms with E-state index in [-0.39, 0.29) is 11.7 Å². The molecule has 3 aromatic rings. The Morgan fingerprint density at radius 2 is 1.88 bits per heavy atom. The first kappa shape index (κ1) is 16.0. The molecule has 1 aromatic heterocycles. The number of nitrogens with one attached hydrogen (secondary N) is 1. The average Bonchev–Trinajstić information content (AvgIpc) is 2.87. The number of carbonyl (C=O) groups is 2. The van der Waals surface area contributed by atoms with Gasteiger partial charge in [-0.1, -0.05) is 24.3 Å². The van der Waals surface area contributed by atoms with Gasteiger partial charge in [0, 0.05) is 36.3 Å². The van der Waals surface area contributed by atoms with Gasteiger partial charge < -0.3 is 9.88 Å². The molecule has 0 aliphatic heterocycles. The van der Waals surface area contributed by atoms with Crippen LogP contribution in [0.4, 0.5) is 5.69 Å². The quantitative estimate of drug-likeness (QED) is 0.793. The van der Waals surface area contributed by atoms with Crippen LogP contribution in [0.3, 0.4) is 0 Å². The van der Waals surface area contributed by atoms with Gasteiger partial charge in [0.1, 0.15) is 5.78 Å². The molecule has 0 unspecified atom stereocenters. The molecule has 0 saturated carbocycles. The summed E-state index contributed by atoms with van der Waals surface area (Å²) in [6, 6.07) is 13.5. The van der Waals surface area contributed by atoms with E-state index >= 15 is 0 Å². The Morgan fingerprint density at radius 1 is 1.12 bits per heavy atom. The van der Waals surface area contributed by atoms with Crippen LogP contribution in [0.2, 0.25) is 0 Å². The minimum atomic E-state index is -0.134. The number of rotatable bonds is 4. The van der Waals surface area contributed by atoms with Crippen molar-refractivity contribution in [3.05, 3.63) is 65.4 Å². The predicted octanol–water partition coefficient (Wildman–Crippen LogP) is 3.87. The van der Waals surface area contributed by atoms with E-state index in [9.17, 15) is 9.59 Å². The zero-order valence-electron chi connectivity index (χ0n) is 14.1. The summed E-state index contributed by atoms with van der Waals surface area (Å²) in [5.74, 6) is -0.00356. The lowest BCUT2D eigenvalue weighted by Crippen LogP contribution is -2.12. The largest absolute Gasteiger partial charge is 0.350 e. The van der Waals surface area contributed by atoms with Gasteiger partial charge in [0.2, 0.25) is 0 Å². The van der Waals surface area contributed by atoms with Crippen molar-refractivity contribution in [3.8, 4) is 0 Å². The zero-order chi connectivity index (χ0) is 17.3. The van der Waals surface area contributed by atoms with Gasteiger partial charge in [-0.25, -0.2) is 0 Å². The number of fused-ring (bicyclic) bond motifs is 1. The summed E-state index contributed by atoms with van der Waals surface area (Å²) in [5.41, 5.74) is 4.40. The third-order valence-electron chi connectivity index (χ3n) is 4.18. The Balaban J connectivity index is 1.86. The maximum atomic E-state index is 12.6. The van der Waals surface area contributed by atoms with E-state index in [1.54, 1.807) is 6.92 Å². The van der Waals surface area contributed by atoms with Gasteiger partial charge in [-0.05, 0) is 43.2 Å². The topological polar surface area (TPSA) is 51.1 Å². The Hall–Kier alpha value is -2.88. The van der Waals surface area contributed by atoms with Gasteiger partial charge >= 0.3 is 0 Å². The fourth-order valence-electron chi connectivity index (χ4n) is 2.96. The van der Waals surface area contributed by atoms with Crippen molar-refractivity contribution in [1.29, 1.82) is 0 Å². The highest BCUT2D eigenvalue weighted by Crippen LogP contribution is 2.22. The van der Waals surface area contributed by atoms with Crippen LogP contribution in [0.25, 0.3) is 10.9 Å². The molecular weight excluding hydrogens is 300 g/mol. The van der Waals surface area contributed by atoms with Gasteiger partial charge in [-0.15, -0.1) is 0 Å². The molecule has 3 rings (SSSR count). The fourth-order valence-corrected chi connectivity index (χ4v) is 2.96. The average molecular weight is 320 g/mol. The number of amides is 1. The summed E-state index contributed by atoms with van der Waals surface area (Å²) < 4.78 is 1.95. The summed E-state index contributed by atoms with van der Waals surface area (Å²) in [6.07, 6.45) is 2.26. The molecule has 4 nitrogen and oxygen atoms in total. The number of Topliss-reactive ketones (excluding diaryl/α,β-unsaturated/α-hetero) is 1. The molecule has 0 atom stereocenters. The highest BCUT2D eigenvalue weighted by molar-refractivity contribution is 6.13. The van der Waals surface area contributed by atoms with Crippen molar-refractivity contribution in [2.75, 3.05) is 5.32 Å². The van der Waals surface area contributed by atoms with E-state index in [1.165, 1.54) is 0 Å². The van der Waals surface area contributed by atoms with Gasteiger partial charge in [-0.2, -0.15) is 0 Å². The van der Waals surface area contributed by atoms with Crippen molar-refractivity contribution in [1.82, 2.24) is 4.57 Å². The molecule has 122 valence electrons. The number of nitrogens with zero attached hydrogens (tertiary/aromatic N) is 1. The summed E-state index contributed by atoms with van der Waals surface area (Å²) in [6.45, 7) is 3.53. The van der Waals surface area contributed by atoms with E-state index < -0.39 is 0 Å². The second-order valence-electron chi connectivity index (χ2n) is 6.15. The maximum Gasteiger partial charge on any atom is 0.257 e. The first-order valence-electron chi connectivity index (χ1n) is 7.90. The number of carbonyl (C=O) groups excluding carboxylic acids is 2. The highest BCUT2D eigenvalue weighted by Gasteiger charge is 2.14. The van der Waals surface area contributed by atoms with Crippen LogP contribution < -0.4 is 5.32 Å². The van der Waals surface area contributed by atoms with Gasteiger partial charge in [-0.3, -0.25) is 9.59 Å². The molecule has 1 N–H and O–H groups in total. The van der Waals surface area contributed by atoms with E-state index in [0.29, 0.717) is 12.0 Å². The molecule has 2 aromatic carbocycles. The first-order chi connectivity index (χ1) is 11.5. The number of hydrogen-bond acceptors (Lipinski definition) is 2. The molecule has 0 fully saturated rings. The summed E-state index contributed by atoms with van der Waals surface area (Å²) in [4.78, 5) is 23.9. The lowest BCUT2D eigenvalue weighted by molar-refractivity contribution is -0.116. The van der Waals surface area contributed by atoms with Crippen molar-refractivity contribution in [3.63, 3.8) is 0 Å². The minimum Gasteiger partial charge on any atom is -0.350 e. The van der Waals surface area contributed by atoms with Crippen LogP contribution in [0.5, 0.6) is 0 Å². The van der Waals surface area contributed by atoms with Crippen LogP contribution in [0.15, 0.2) is 48.7 Å². The van der Waals surface area contributed by atoms with Crippen LogP contribution in [0, 0.1) is 6.92 Å².